The second-order valence-electron chi connectivity index (χ2n) is 5.55. The molecule has 0 saturated carbocycles. The highest BCUT2D eigenvalue weighted by molar-refractivity contribution is 7.89. The molecule has 6 nitrogen and oxygen atoms in total. The van der Waals surface area contributed by atoms with Gasteiger partial charge in [-0.1, -0.05) is 0 Å². The van der Waals surface area contributed by atoms with Crippen molar-refractivity contribution in [2.75, 3.05) is 33.4 Å². The lowest BCUT2D eigenvalue weighted by molar-refractivity contribution is 0.146. The molecule has 0 amide bonds. The summed E-state index contributed by atoms with van der Waals surface area (Å²) in [6.45, 7) is 5.99. The zero-order valence-corrected chi connectivity index (χ0v) is 15.3. The van der Waals surface area contributed by atoms with Crippen LogP contribution in [0.1, 0.15) is 13.8 Å². The number of nitrogens with one attached hydrogen (secondary N) is 1. The number of hydrogen-bond acceptors (Lipinski definition) is 5. The molecule has 2 unspecified atom stereocenters. The van der Waals surface area contributed by atoms with Crippen LogP contribution in [-0.4, -0.2) is 58.2 Å². The predicted octanol–water partition coefficient (Wildman–Crippen LogP) is 1.50. The largest absolute Gasteiger partial charge is 0.491 e. The number of nitrogens with zero attached hydrogens (tertiary/aromatic N) is 1. The van der Waals surface area contributed by atoms with Crippen LogP contribution in [0.25, 0.3) is 0 Å². The first-order chi connectivity index (χ1) is 10.4. The summed E-state index contributed by atoms with van der Waals surface area (Å²) in [6.07, 6.45) is 0. The Kier molecular flexibility index (Phi) is 7.76. The van der Waals surface area contributed by atoms with Crippen LogP contribution >= 0.6 is 12.4 Å². The van der Waals surface area contributed by atoms with E-state index < -0.39 is 10.0 Å². The molecule has 1 N–H and O–H groups in total. The van der Waals surface area contributed by atoms with Gasteiger partial charge in [0.1, 0.15) is 12.4 Å². The van der Waals surface area contributed by atoms with Crippen molar-refractivity contribution in [3.05, 3.63) is 24.3 Å². The lowest BCUT2D eigenvalue weighted by Crippen LogP contribution is -2.56. The number of piperazine rings is 1. The maximum atomic E-state index is 12.8. The Morgan fingerprint density at radius 3 is 2.48 bits per heavy atom. The van der Waals surface area contributed by atoms with Crippen molar-refractivity contribution < 1.29 is 17.9 Å². The summed E-state index contributed by atoms with van der Waals surface area (Å²) < 4.78 is 37.4. The number of hydrogen-bond donors (Lipinski definition) is 1. The minimum absolute atomic E-state index is 0. The zero-order chi connectivity index (χ0) is 16.2. The van der Waals surface area contributed by atoms with Gasteiger partial charge in [-0.3, -0.25) is 0 Å². The Morgan fingerprint density at radius 2 is 1.87 bits per heavy atom. The fraction of sp³-hybridized carbons (Fsp3) is 0.600. The Balaban J connectivity index is 0.00000264. The van der Waals surface area contributed by atoms with Gasteiger partial charge in [-0.25, -0.2) is 8.42 Å². The fourth-order valence-corrected chi connectivity index (χ4v) is 4.13. The summed E-state index contributed by atoms with van der Waals surface area (Å²) in [7, 11) is -1.87. The second-order valence-corrected chi connectivity index (χ2v) is 7.44. The molecule has 2 rings (SSSR count). The van der Waals surface area contributed by atoms with E-state index in [0.717, 1.165) is 0 Å². The molecule has 23 heavy (non-hydrogen) atoms. The highest BCUT2D eigenvalue weighted by Gasteiger charge is 2.33. The van der Waals surface area contributed by atoms with Crippen molar-refractivity contribution in [2.45, 2.75) is 30.8 Å². The molecule has 1 aliphatic rings. The predicted molar refractivity (Wildman–Crippen MR) is 91.9 cm³/mol. The first-order valence-electron chi connectivity index (χ1n) is 7.42. The molecule has 1 heterocycles. The minimum Gasteiger partial charge on any atom is -0.491 e. The summed E-state index contributed by atoms with van der Waals surface area (Å²) in [6, 6.07) is 6.65. The molecular weight excluding hydrogens is 340 g/mol. The number of rotatable bonds is 6. The summed E-state index contributed by atoms with van der Waals surface area (Å²) in [5, 5.41) is 3.29. The van der Waals surface area contributed by atoms with E-state index in [1.165, 1.54) is 0 Å². The summed E-state index contributed by atoms with van der Waals surface area (Å²) in [5.74, 6) is 0.637. The number of benzene rings is 1. The number of halogens is 1. The van der Waals surface area contributed by atoms with Crippen molar-refractivity contribution in [2.24, 2.45) is 0 Å². The van der Waals surface area contributed by atoms with Gasteiger partial charge in [0.05, 0.1) is 11.5 Å². The Hall–Kier alpha value is -0.860. The van der Waals surface area contributed by atoms with E-state index in [9.17, 15) is 8.42 Å². The third kappa shape index (κ3) is 5.06. The molecule has 1 aromatic carbocycles. The topological polar surface area (TPSA) is 67.9 Å². The average Bonchev–Trinajstić information content (AvgIpc) is 2.50. The van der Waals surface area contributed by atoms with E-state index >= 15 is 0 Å². The molecule has 1 aromatic rings. The van der Waals surface area contributed by atoms with Gasteiger partial charge in [0.15, 0.2) is 0 Å². The van der Waals surface area contributed by atoms with Crippen LogP contribution in [0.2, 0.25) is 0 Å². The molecule has 0 bridgehead atoms. The maximum Gasteiger partial charge on any atom is 0.243 e. The fourth-order valence-electron chi connectivity index (χ4n) is 2.41. The van der Waals surface area contributed by atoms with Crippen LogP contribution in [0, 0.1) is 0 Å². The van der Waals surface area contributed by atoms with Gasteiger partial charge in [0.25, 0.3) is 0 Å². The number of sulfonamides is 1. The minimum atomic E-state index is -3.47. The van der Waals surface area contributed by atoms with Crippen LogP contribution in [0.3, 0.4) is 0 Å². The Labute approximate surface area is 144 Å². The van der Waals surface area contributed by atoms with Crippen LogP contribution in [-0.2, 0) is 14.8 Å². The molecule has 0 aromatic heterocycles. The van der Waals surface area contributed by atoms with Crippen molar-refractivity contribution >= 4 is 22.4 Å². The summed E-state index contributed by atoms with van der Waals surface area (Å²) in [4.78, 5) is 0.299. The molecule has 2 atom stereocenters. The molecular formula is C15H25ClN2O4S. The van der Waals surface area contributed by atoms with Gasteiger partial charge >= 0.3 is 0 Å². The molecule has 0 spiro atoms. The lowest BCUT2D eigenvalue weighted by atomic mass is 10.2. The molecule has 1 aliphatic heterocycles. The maximum absolute atomic E-state index is 12.8. The summed E-state index contributed by atoms with van der Waals surface area (Å²) >= 11 is 0. The monoisotopic (exact) mass is 364 g/mol. The van der Waals surface area contributed by atoms with Gasteiger partial charge < -0.3 is 14.8 Å². The highest BCUT2D eigenvalue weighted by Crippen LogP contribution is 2.22. The highest BCUT2D eigenvalue weighted by atomic mass is 35.5. The SMILES string of the molecule is COCCOc1ccc(S(=O)(=O)N2CC(C)NCC2C)cc1.Cl. The van der Waals surface area contributed by atoms with Crippen molar-refractivity contribution in [1.29, 1.82) is 0 Å². The normalized spacial score (nSPS) is 22.4. The first-order valence-corrected chi connectivity index (χ1v) is 8.86. The van der Waals surface area contributed by atoms with Gasteiger partial charge in [-0.05, 0) is 38.1 Å². The van der Waals surface area contributed by atoms with E-state index in [1.54, 1.807) is 35.7 Å². The average molecular weight is 365 g/mol. The summed E-state index contributed by atoms with van der Waals surface area (Å²) in [5.41, 5.74) is 0. The quantitative estimate of drug-likeness (QED) is 0.775. The molecule has 132 valence electrons. The van der Waals surface area contributed by atoms with Crippen LogP contribution < -0.4 is 10.1 Å². The van der Waals surface area contributed by atoms with E-state index in [2.05, 4.69) is 5.32 Å². The van der Waals surface area contributed by atoms with Crippen molar-refractivity contribution in [3.63, 3.8) is 0 Å². The van der Waals surface area contributed by atoms with Gasteiger partial charge in [-0.15, -0.1) is 12.4 Å². The first kappa shape index (κ1) is 20.2. The zero-order valence-electron chi connectivity index (χ0n) is 13.7. The van der Waals surface area contributed by atoms with E-state index in [4.69, 9.17) is 9.47 Å². The van der Waals surface area contributed by atoms with E-state index in [-0.39, 0.29) is 24.5 Å². The van der Waals surface area contributed by atoms with Gasteiger partial charge in [-0.2, -0.15) is 4.31 Å². The molecule has 1 saturated heterocycles. The third-order valence-corrected chi connectivity index (χ3v) is 5.69. The smallest absolute Gasteiger partial charge is 0.243 e. The molecule has 1 fully saturated rings. The Morgan fingerprint density at radius 1 is 1.22 bits per heavy atom. The third-order valence-electron chi connectivity index (χ3n) is 3.69. The van der Waals surface area contributed by atoms with Gasteiger partial charge in [0.2, 0.25) is 10.0 Å². The van der Waals surface area contributed by atoms with E-state index in [0.29, 0.717) is 36.9 Å². The number of ether oxygens (including phenoxy) is 2. The van der Waals surface area contributed by atoms with Crippen LogP contribution in [0.4, 0.5) is 0 Å². The Bertz CT molecular complexity index is 580. The molecule has 0 aliphatic carbocycles. The van der Waals surface area contributed by atoms with E-state index in [1.807, 2.05) is 13.8 Å². The van der Waals surface area contributed by atoms with Crippen LogP contribution in [0.15, 0.2) is 29.2 Å². The molecule has 8 heteroatoms. The van der Waals surface area contributed by atoms with Crippen LogP contribution in [0.5, 0.6) is 5.75 Å². The van der Waals surface area contributed by atoms with Crippen molar-refractivity contribution in [3.8, 4) is 5.75 Å². The lowest BCUT2D eigenvalue weighted by Gasteiger charge is -2.36. The standard InChI is InChI=1S/C15H24N2O4S.ClH/c1-12-11-17(13(2)10-16-12)22(18,19)15-6-4-14(5-7-15)21-9-8-20-3;/h4-7,12-13,16H,8-11H2,1-3H3;1H. The van der Waals surface area contributed by atoms with Crippen molar-refractivity contribution in [1.82, 2.24) is 9.62 Å². The van der Waals surface area contributed by atoms with Gasteiger partial charge in [0, 0.05) is 32.3 Å². The number of methoxy groups -OCH3 is 1. The second kappa shape index (κ2) is 8.84. The molecule has 0 radical (unpaired) electrons.